The van der Waals surface area contributed by atoms with Gasteiger partial charge in [-0.25, -0.2) is 0 Å². The first-order valence-electron chi connectivity index (χ1n) is 4.95. The number of aliphatic hydroxyl groups is 1. The van der Waals surface area contributed by atoms with Crippen LogP contribution in [-0.4, -0.2) is 18.3 Å². The van der Waals surface area contributed by atoms with E-state index in [1.54, 1.807) is 0 Å². The maximum atomic E-state index is 9.10. The highest BCUT2D eigenvalue weighted by molar-refractivity contribution is 5.50. The van der Waals surface area contributed by atoms with Crippen molar-refractivity contribution in [3.05, 3.63) is 29.8 Å². The van der Waals surface area contributed by atoms with Crippen LogP contribution in [0.3, 0.4) is 0 Å². The van der Waals surface area contributed by atoms with Crippen molar-refractivity contribution in [2.24, 2.45) is 5.41 Å². The maximum Gasteiger partial charge on any atom is 0.0498 e. The minimum atomic E-state index is -0.0672. The highest BCUT2D eigenvalue weighted by atomic mass is 16.3. The molecule has 2 nitrogen and oxygen atoms in total. The molecule has 14 heavy (non-hydrogen) atoms. The van der Waals surface area contributed by atoms with Crippen molar-refractivity contribution in [1.29, 1.82) is 0 Å². The van der Waals surface area contributed by atoms with Crippen molar-refractivity contribution in [2.75, 3.05) is 18.5 Å². The third kappa shape index (κ3) is 3.04. The molecule has 78 valence electrons. The zero-order valence-corrected chi connectivity index (χ0v) is 9.17. The summed E-state index contributed by atoms with van der Waals surface area (Å²) in [4.78, 5) is 0. The quantitative estimate of drug-likeness (QED) is 0.769. The van der Waals surface area contributed by atoms with Gasteiger partial charge in [0.25, 0.3) is 0 Å². The van der Waals surface area contributed by atoms with Crippen molar-refractivity contribution >= 4 is 5.69 Å². The molecule has 0 aliphatic heterocycles. The fourth-order valence-electron chi connectivity index (χ4n) is 1.16. The largest absolute Gasteiger partial charge is 0.396 e. The molecule has 0 heterocycles. The van der Waals surface area contributed by atoms with Gasteiger partial charge in [0.15, 0.2) is 0 Å². The van der Waals surface area contributed by atoms with Crippen LogP contribution in [0.4, 0.5) is 5.69 Å². The van der Waals surface area contributed by atoms with Crippen LogP contribution in [0, 0.1) is 12.3 Å². The van der Waals surface area contributed by atoms with E-state index in [0.717, 1.165) is 12.2 Å². The Morgan fingerprint density at radius 3 is 2.50 bits per heavy atom. The van der Waals surface area contributed by atoms with Gasteiger partial charge in [0.1, 0.15) is 0 Å². The van der Waals surface area contributed by atoms with E-state index in [4.69, 9.17) is 5.11 Å². The lowest BCUT2D eigenvalue weighted by atomic mass is 9.95. The van der Waals surface area contributed by atoms with E-state index >= 15 is 0 Å². The predicted molar refractivity (Wildman–Crippen MR) is 60.5 cm³/mol. The second-order valence-electron chi connectivity index (χ2n) is 4.49. The second-order valence-corrected chi connectivity index (χ2v) is 4.49. The highest BCUT2D eigenvalue weighted by Gasteiger charge is 2.15. The maximum absolute atomic E-state index is 9.10. The van der Waals surface area contributed by atoms with Gasteiger partial charge in [0, 0.05) is 24.3 Å². The molecule has 0 aliphatic carbocycles. The fourth-order valence-corrected chi connectivity index (χ4v) is 1.16. The third-order valence-electron chi connectivity index (χ3n) is 2.33. The molecule has 0 amide bonds. The van der Waals surface area contributed by atoms with Gasteiger partial charge in [-0.3, -0.25) is 0 Å². The third-order valence-corrected chi connectivity index (χ3v) is 2.33. The molecular weight excluding hydrogens is 174 g/mol. The number of aryl methyl sites for hydroxylation is 1. The van der Waals surface area contributed by atoms with Crippen LogP contribution >= 0.6 is 0 Å². The van der Waals surface area contributed by atoms with Crippen LogP contribution in [-0.2, 0) is 0 Å². The summed E-state index contributed by atoms with van der Waals surface area (Å²) >= 11 is 0. The van der Waals surface area contributed by atoms with Gasteiger partial charge in [-0.1, -0.05) is 32.0 Å². The Kier molecular flexibility index (Phi) is 3.53. The summed E-state index contributed by atoms with van der Waals surface area (Å²) in [6, 6.07) is 8.18. The lowest BCUT2D eigenvalue weighted by molar-refractivity contribution is 0.171. The van der Waals surface area contributed by atoms with Crippen LogP contribution in [0.25, 0.3) is 0 Å². The Labute approximate surface area is 86.0 Å². The topological polar surface area (TPSA) is 32.3 Å². The first-order chi connectivity index (χ1) is 6.55. The number of hydrogen-bond acceptors (Lipinski definition) is 2. The molecule has 0 saturated heterocycles. The van der Waals surface area contributed by atoms with Crippen molar-refractivity contribution in [2.45, 2.75) is 20.8 Å². The zero-order chi connectivity index (χ0) is 10.6. The zero-order valence-electron chi connectivity index (χ0n) is 9.17. The summed E-state index contributed by atoms with van der Waals surface area (Å²) in [6.45, 7) is 7.14. The number of hydrogen-bond donors (Lipinski definition) is 2. The number of rotatable bonds is 4. The van der Waals surface area contributed by atoms with E-state index in [-0.39, 0.29) is 12.0 Å². The molecule has 0 atom stereocenters. The molecule has 0 saturated carbocycles. The molecule has 2 N–H and O–H groups in total. The van der Waals surface area contributed by atoms with Gasteiger partial charge in [-0.05, 0) is 18.6 Å². The number of aliphatic hydroxyl groups excluding tert-OH is 1. The summed E-state index contributed by atoms with van der Waals surface area (Å²) in [5.74, 6) is 0. The summed E-state index contributed by atoms with van der Waals surface area (Å²) < 4.78 is 0. The summed E-state index contributed by atoms with van der Waals surface area (Å²) in [7, 11) is 0. The van der Waals surface area contributed by atoms with E-state index in [1.807, 2.05) is 26.0 Å². The summed E-state index contributed by atoms with van der Waals surface area (Å²) in [5.41, 5.74) is 2.32. The van der Waals surface area contributed by atoms with Crippen LogP contribution in [0.2, 0.25) is 0 Å². The molecule has 0 fully saturated rings. The van der Waals surface area contributed by atoms with E-state index in [9.17, 15) is 0 Å². The Balaban J connectivity index is 2.58. The fraction of sp³-hybridized carbons (Fsp3) is 0.500. The first-order valence-corrected chi connectivity index (χ1v) is 4.95. The standard InChI is InChI=1S/C12H19NO/c1-10-6-4-5-7-11(10)13-8-12(2,3)9-14/h4-7,13-14H,8-9H2,1-3H3. The normalized spacial score (nSPS) is 11.4. The number of anilines is 1. The van der Waals surface area contributed by atoms with Gasteiger partial charge in [-0.2, -0.15) is 0 Å². The second kappa shape index (κ2) is 4.47. The minimum absolute atomic E-state index is 0.0672. The lowest BCUT2D eigenvalue weighted by Crippen LogP contribution is -2.26. The number of nitrogens with one attached hydrogen (secondary N) is 1. The molecule has 1 aromatic rings. The molecule has 0 aromatic heterocycles. The van der Waals surface area contributed by atoms with Crippen molar-refractivity contribution in [3.8, 4) is 0 Å². The summed E-state index contributed by atoms with van der Waals surface area (Å²) in [5, 5.41) is 12.4. The Morgan fingerprint density at radius 2 is 1.93 bits per heavy atom. The van der Waals surface area contributed by atoms with E-state index in [0.29, 0.717) is 0 Å². The van der Waals surface area contributed by atoms with E-state index in [1.165, 1.54) is 5.56 Å². The summed E-state index contributed by atoms with van der Waals surface area (Å²) in [6.07, 6.45) is 0. The Morgan fingerprint density at radius 1 is 1.29 bits per heavy atom. The SMILES string of the molecule is Cc1ccccc1NCC(C)(C)CO. The molecule has 1 aromatic carbocycles. The molecule has 2 heteroatoms. The number of para-hydroxylation sites is 1. The van der Waals surface area contributed by atoms with E-state index in [2.05, 4.69) is 24.4 Å². The molecule has 0 unspecified atom stereocenters. The monoisotopic (exact) mass is 193 g/mol. The molecule has 0 radical (unpaired) electrons. The van der Waals surface area contributed by atoms with Gasteiger partial charge in [-0.15, -0.1) is 0 Å². The number of benzene rings is 1. The van der Waals surface area contributed by atoms with Gasteiger partial charge in [0.05, 0.1) is 0 Å². The molecule has 1 rings (SSSR count). The van der Waals surface area contributed by atoms with Gasteiger partial charge >= 0.3 is 0 Å². The predicted octanol–water partition coefficient (Wildman–Crippen LogP) is 2.43. The molecular formula is C12H19NO. The van der Waals surface area contributed by atoms with Gasteiger partial charge < -0.3 is 10.4 Å². The van der Waals surface area contributed by atoms with Gasteiger partial charge in [0.2, 0.25) is 0 Å². The van der Waals surface area contributed by atoms with Crippen molar-refractivity contribution < 1.29 is 5.11 Å². The average molecular weight is 193 g/mol. The first kappa shape index (κ1) is 11.1. The molecule has 0 aliphatic rings. The van der Waals surface area contributed by atoms with Crippen LogP contribution in [0.15, 0.2) is 24.3 Å². The minimum Gasteiger partial charge on any atom is -0.396 e. The van der Waals surface area contributed by atoms with Crippen LogP contribution < -0.4 is 5.32 Å². The smallest absolute Gasteiger partial charge is 0.0498 e. The average Bonchev–Trinajstić information content (AvgIpc) is 2.17. The molecule has 0 bridgehead atoms. The van der Waals surface area contributed by atoms with Crippen LogP contribution in [0.5, 0.6) is 0 Å². The Hall–Kier alpha value is -1.02. The molecule has 0 spiro atoms. The lowest BCUT2D eigenvalue weighted by Gasteiger charge is -2.23. The van der Waals surface area contributed by atoms with E-state index < -0.39 is 0 Å². The Bertz CT molecular complexity index is 294. The highest BCUT2D eigenvalue weighted by Crippen LogP contribution is 2.18. The van der Waals surface area contributed by atoms with Crippen LogP contribution in [0.1, 0.15) is 19.4 Å². The van der Waals surface area contributed by atoms with Crippen molar-refractivity contribution in [1.82, 2.24) is 0 Å². The van der Waals surface area contributed by atoms with Crippen molar-refractivity contribution in [3.63, 3.8) is 0 Å².